The summed E-state index contributed by atoms with van der Waals surface area (Å²) in [6, 6.07) is 9.24. The molecule has 2 saturated heterocycles. The SMILES string of the molecule is CN1CCNCC1c1cc(N2CCN(c3ccc(Cl)c(Cl)c3)CC2)c(F)cc1/C=N/NC(N)=S. The standard InChI is InChI=1S/C23H28Cl2FN7S/c1-31-5-4-28-14-22(31)17-12-21(20(26)10-15(17)13-29-30-23(27)34)33-8-6-32(7-9-33)16-2-3-18(24)19(25)11-16/h2-3,10-13,22,28H,4-9,14H2,1H3,(H3,27,30,34)/b29-13+. The third-order valence-electron chi connectivity index (χ3n) is 6.29. The predicted molar refractivity (Wildman–Crippen MR) is 143 cm³/mol. The van der Waals surface area contributed by atoms with Crippen molar-refractivity contribution in [2.75, 3.05) is 62.7 Å². The second-order valence-corrected chi connectivity index (χ2v) is 9.69. The number of nitrogens with two attached hydrogens (primary N) is 1. The van der Waals surface area contributed by atoms with Crippen molar-refractivity contribution in [1.82, 2.24) is 15.6 Å². The van der Waals surface area contributed by atoms with Gasteiger partial charge in [0, 0.05) is 63.1 Å². The summed E-state index contributed by atoms with van der Waals surface area (Å²) in [5.74, 6) is -0.282. The molecule has 0 amide bonds. The van der Waals surface area contributed by atoms with E-state index < -0.39 is 0 Å². The van der Waals surface area contributed by atoms with Crippen molar-refractivity contribution in [1.29, 1.82) is 0 Å². The van der Waals surface area contributed by atoms with Crippen molar-refractivity contribution in [3.63, 3.8) is 0 Å². The highest BCUT2D eigenvalue weighted by Crippen LogP contribution is 2.32. The van der Waals surface area contributed by atoms with E-state index in [1.807, 2.05) is 18.2 Å². The number of nitrogens with one attached hydrogen (secondary N) is 2. The Balaban J connectivity index is 1.58. The van der Waals surface area contributed by atoms with Crippen molar-refractivity contribution < 1.29 is 4.39 Å². The van der Waals surface area contributed by atoms with Gasteiger partial charge in [0.15, 0.2) is 5.11 Å². The fourth-order valence-electron chi connectivity index (χ4n) is 4.44. The second-order valence-electron chi connectivity index (χ2n) is 8.44. The number of thiocarbonyl (C=S) groups is 1. The molecule has 0 spiro atoms. The van der Waals surface area contributed by atoms with Crippen molar-refractivity contribution in [2.24, 2.45) is 10.8 Å². The van der Waals surface area contributed by atoms with Gasteiger partial charge in [0.25, 0.3) is 0 Å². The van der Waals surface area contributed by atoms with E-state index >= 15 is 4.39 Å². The quantitative estimate of drug-likeness (QED) is 0.315. The molecule has 11 heteroatoms. The number of likely N-dealkylation sites (N-methyl/N-ethyl adjacent to an activating group) is 1. The number of hydrogen-bond donors (Lipinski definition) is 3. The highest BCUT2D eigenvalue weighted by Gasteiger charge is 2.27. The minimum atomic E-state index is -0.282. The summed E-state index contributed by atoms with van der Waals surface area (Å²) in [5.41, 5.74) is 11.3. The van der Waals surface area contributed by atoms with Gasteiger partial charge in [-0.2, -0.15) is 5.10 Å². The Morgan fingerprint density at radius 3 is 2.56 bits per heavy atom. The van der Waals surface area contributed by atoms with Gasteiger partial charge in [0.05, 0.1) is 21.9 Å². The number of halogens is 3. The van der Waals surface area contributed by atoms with Gasteiger partial charge < -0.3 is 20.9 Å². The number of hydrogen-bond acceptors (Lipinski definition) is 6. The molecule has 2 heterocycles. The molecule has 0 aliphatic carbocycles. The van der Waals surface area contributed by atoms with Gasteiger partial charge in [-0.3, -0.25) is 10.3 Å². The van der Waals surface area contributed by atoms with Crippen LogP contribution in [0.5, 0.6) is 0 Å². The van der Waals surface area contributed by atoms with Crippen molar-refractivity contribution in [3.8, 4) is 0 Å². The molecule has 0 radical (unpaired) electrons. The van der Waals surface area contributed by atoms with Gasteiger partial charge in [0.2, 0.25) is 0 Å². The van der Waals surface area contributed by atoms with E-state index in [2.05, 4.69) is 37.6 Å². The Morgan fingerprint density at radius 1 is 1.15 bits per heavy atom. The monoisotopic (exact) mass is 523 g/mol. The average Bonchev–Trinajstić information content (AvgIpc) is 2.81. The molecule has 2 fully saturated rings. The molecule has 34 heavy (non-hydrogen) atoms. The lowest BCUT2D eigenvalue weighted by Crippen LogP contribution is -2.47. The van der Waals surface area contributed by atoms with Crippen molar-refractivity contribution >= 4 is 58.1 Å². The van der Waals surface area contributed by atoms with E-state index in [1.54, 1.807) is 18.3 Å². The van der Waals surface area contributed by atoms with Crippen molar-refractivity contribution in [2.45, 2.75) is 6.04 Å². The molecule has 2 aromatic carbocycles. The van der Waals surface area contributed by atoms with Crippen LogP contribution >= 0.6 is 35.4 Å². The smallest absolute Gasteiger partial charge is 0.184 e. The van der Waals surface area contributed by atoms with Gasteiger partial charge in [-0.15, -0.1) is 0 Å². The van der Waals surface area contributed by atoms with E-state index in [0.29, 0.717) is 34.4 Å². The van der Waals surface area contributed by atoms with Crippen LogP contribution in [0.4, 0.5) is 15.8 Å². The lowest BCUT2D eigenvalue weighted by molar-refractivity contribution is 0.202. The number of hydrazone groups is 1. The number of nitrogens with zero attached hydrogens (tertiary/aromatic N) is 4. The Kier molecular flexibility index (Phi) is 8.10. The first-order valence-corrected chi connectivity index (χ1v) is 12.3. The Morgan fingerprint density at radius 2 is 1.88 bits per heavy atom. The van der Waals surface area contributed by atoms with Crippen LogP contribution in [0.2, 0.25) is 10.0 Å². The maximum atomic E-state index is 15.3. The molecule has 2 aliphatic rings. The van der Waals surface area contributed by atoms with E-state index in [9.17, 15) is 0 Å². The molecule has 7 nitrogen and oxygen atoms in total. The molecule has 1 atom stereocenters. The molecule has 0 bridgehead atoms. The summed E-state index contributed by atoms with van der Waals surface area (Å²) < 4.78 is 15.3. The summed E-state index contributed by atoms with van der Waals surface area (Å²) in [6.07, 6.45) is 1.58. The Labute approximate surface area is 214 Å². The fourth-order valence-corrected chi connectivity index (χ4v) is 4.79. The first-order chi connectivity index (χ1) is 16.3. The normalized spacial score (nSPS) is 19.6. The predicted octanol–water partition coefficient (Wildman–Crippen LogP) is 3.20. The number of benzene rings is 2. The Hall–Kier alpha value is -2.17. The van der Waals surface area contributed by atoms with E-state index in [0.717, 1.165) is 44.0 Å². The van der Waals surface area contributed by atoms with Gasteiger partial charge in [-0.1, -0.05) is 23.2 Å². The topological polar surface area (TPSA) is 72.2 Å². The molecule has 4 N–H and O–H groups in total. The minimum Gasteiger partial charge on any atom is -0.375 e. The minimum absolute atomic E-state index is 0.0613. The summed E-state index contributed by atoms with van der Waals surface area (Å²) in [6.45, 7) is 5.47. The number of piperazine rings is 2. The van der Waals surface area contributed by atoms with E-state index in [-0.39, 0.29) is 17.0 Å². The maximum Gasteiger partial charge on any atom is 0.184 e. The molecule has 4 rings (SSSR count). The fraction of sp³-hybridized carbons (Fsp3) is 0.391. The van der Waals surface area contributed by atoms with E-state index in [4.69, 9.17) is 41.2 Å². The first kappa shape index (κ1) is 24.9. The lowest BCUT2D eigenvalue weighted by atomic mass is 9.96. The van der Waals surface area contributed by atoms with Crippen LogP contribution in [0.25, 0.3) is 0 Å². The first-order valence-electron chi connectivity index (χ1n) is 11.1. The van der Waals surface area contributed by atoms with Crippen LogP contribution in [0.3, 0.4) is 0 Å². The zero-order valence-corrected chi connectivity index (χ0v) is 21.2. The van der Waals surface area contributed by atoms with Crippen LogP contribution in [0, 0.1) is 5.82 Å². The summed E-state index contributed by atoms with van der Waals surface area (Å²) in [7, 11) is 2.08. The largest absolute Gasteiger partial charge is 0.375 e. The average molecular weight is 524 g/mol. The van der Waals surface area contributed by atoms with Crippen LogP contribution < -0.4 is 26.3 Å². The summed E-state index contributed by atoms with van der Waals surface area (Å²) in [5, 5.41) is 8.64. The van der Waals surface area contributed by atoms with Crippen LogP contribution in [-0.4, -0.2) is 69.1 Å². The van der Waals surface area contributed by atoms with Crippen molar-refractivity contribution in [3.05, 3.63) is 57.3 Å². The lowest BCUT2D eigenvalue weighted by Gasteiger charge is -2.39. The summed E-state index contributed by atoms with van der Waals surface area (Å²) >= 11 is 17.1. The van der Waals surface area contributed by atoms with Crippen LogP contribution in [0.15, 0.2) is 35.4 Å². The molecule has 2 aliphatic heterocycles. The molecule has 0 aromatic heterocycles. The molecule has 0 saturated carbocycles. The highest BCUT2D eigenvalue weighted by atomic mass is 35.5. The van der Waals surface area contributed by atoms with Crippen LogP contribution in [-0.2, 0) is 0 Å². The summed E-state index contributed by atoms with van der Waals surface area (Å²) in [4.78, 5) is 6.60. The molecular formula is C23H28Cl2FN7S. The third-order valence-corrected chi connectivity index (χ3v) is 7.12. The number of anilines is 2. The molecule has 1 unspecified atom stereocenters. The van der Waals surface area contributed by atoms with E-state index in [1.165, 1.54) is 0 Å². The van der Waals surface area contributed by atoms with Crippen LogP contribution in [0.1, 0.15) is 17.2 Å². The maximum absolute atomic E-state index is 15.3. The number of rotatable bonds is 5. The van der Waals surface area contributed by atoms with Gasteiger partial charge in [-0.25, -0.2) is 4.39 Å². The zero-order chi connectivity index (χ0) is 24.2. The molecular weight excluding hydrogens is 496 g/mol. The third kappa shape index (κ3) is 5.72. The highest BCUT2D eigenvalue weighted by molar-refractivity contribution is 7.80. The Bertz CT molecular complexity index is 1080. The zero-order valence-electron chi connectivity index (χ0n) is 18.9. The second kappa shape index (κ2) is 11.0. The van der Waals surface area contributed by atoms with Gasteiger partial charge in [0.1, 0.15) is 5.82 Å². The molecule has 2 aromatic rings. The van der Waals surface area contributed by atoms with Gasteiger partial charge >= 0.3 is 0 Å². The van der Waals surface area contributed by atoms with Gasteiger partial charge in [-0.05, 0) is 55.2 Å². The molecule has 182 valence electrons.